The molecule has 0 atom stereocenters. The highest BCUT2D eigenvalue weighted by Gasteiger charge is 2.35. The second-order valence-corrected chi connectivity index (χ2v) is 10.2. The highest BCUT2D eigenvalue weighted by Crippen LogP contribution is 2.39. The summed E-state index contributed by atoms with van der Waals surface area (Å²) in [7, 11) is 0. The van der Waals surface area contributed by atoms with Crippen LogP contribution in [0.2, 0.25) is 0 Å². The van der Waals surface area contributed by atoms with E-state index < -0.39 is 11.8 Å². The Morgan fingerprint density at radius 2 is 1.67 bits per heavy atom. The molecule has 5 heterocycles. The molecule has 2 aromatic heterocycles. The number of rotatable bonds is 4. The van der Waals surface area contributed by atoms with Crippen molar-refractivity contribution in [3.05, 3.63) is 71.6 Å². The van der Waals surface area contributed by atoms with E-state index in [1.165, 1.54) is 0 Å². The van der Waals surface area contributed by atoms with Crippen molar-refractivity contribution < 1.29 is 23.5 Å². The Hall–Kier alpha value is -4.21. The number of benzene rings is 2. The number of nitrogens with one attached hydrogen (secondary N) is 1. The molecule has 2 aromatic carbocycles. The molecule has 9 nitrogen and oxygen atoms in total. The van der Waals surface area contributed by atoms with Crippen LogP contribution < -0.4 is 5.32 Å². The molecule has 198 valence electrons. The first-order valence-electron chi connectivity index (χ1n) is 13.3. The van der Waals surface area contributed by atoms with Gasteiger partial charge in [-0.25, -0.2) is 0 Å². The molecular weight excluding hydrogens is 496 g/mol. The van der Waals surface area contributed by atoms with Gasteiger partial charge in [0, 0.05) is 60.8 Å². The van der Waals surface area contributed by atoms with Gasteiger partial charge in [-0.3, -0.25) is 24.6 Å². The van der Waals surface area contributed by atoms with E-state index >= 15 is 0 Å². The number of hydrogen-bond acceptors (Lipinski definition) is 6. The number of imide groups is 1. The van der Waals surface area contributed by atoms with Gasteiger partial charge in [0.05, 0.1) is 42.7 Å². The van der Waals surface area contributed by atoms with Crippen LogP contribution in [-0.4, -0.2) is 78.0 Å². The summed E-state index contributed by atoms with van der Waals surface area (Å²) in [6, 6.07) is 13.5. The molecule has 0 spiro atoms. The molecular formula is C30H28N4O5. The number of carbonyl (C=O) groups is 3. The number of carbonyl (C=O) groups excluding carboxylic acids is 3. The molecule has 3 aliphatic rings. The number of fused-ring (bicyclic) bond motifs is 1. The van der Waals surface area contributed by atoms with Crippen LogP contribution >= 0.6 is 0 Å². The van der Waals surface area contributed by atoms with Gasteiger partial charge < -0.3 is 18.6 Å². The standard InChI is InChI=1S/C30H28N4O5/c35-24(18-32-12-15-38-16-13-32)33-9-7-19-3-1-5-21-23(17-34(11-10-33)27(19)21)26-25(29(36)31-30(26)37)22-6-2-4-20-8-14-39-28(20)22/h1-6,8,14,17H,7,9-13,15-16,18H2,(H,31,36,37). The third-order valence-corrected chi connectivity index (χ3v) is 8.01. The predicted molar refractivity (Wildman–Crippen MR) is 146 cm³/mol. The molecule has 1 saturated heterocycles. The van der Waals surface area contributed by atoms with Crippen molar-refractivity contribution in [2.24, 2.45) is 0 Å². The lowest BCUT2D eigenvalue weighted by molar-refractivity contribution is -0.133. The fourth-order valence-corrected chi connectivity index (χ4v) is 6.07. The third-order valence-electron chi connectivity index (χ3n) is 8.01. The molecule has 0 saturated carbocycles. The molecule has 0 radical (unpaired) electrons. The van der Waals surface area contributed by atoms with Gasteiger partial charge in [-0.15, -0.1) is 0 Å². The van der Waals surface area contributed by atoms with Crippen molar-refractivity contribution in [3.63, 3.8) is 0 Å². The summed E-state index contributed by atoms with van der Waals surface area (Å²) in [5, 5.41) is 4.29. The highest BCUT2D eigenvalue weighted by molar-refractivity contribution is 6.50. The Kier molecular flexibility index (Phi) is 5.82. The van der Waals surface area contributed by atoms with Crippen LogP contribution in [0.5, 0.6) is 0 Å². The number of ether oxygens (including phenoxy) is 1. The maximum atomic E-state index is 13.3. The second kappa shape index (κ2) is 9.52. The van der Waals surface area contributed by atoms with Crippen LogP contribution in [-0.2, 0) is 32.1 Å². The molecule has 0 bridgehead atoms. The van der Waals surface area contributed by atoms with E-state index in [9.17, 15) is 14.4 Å². The molecule has 3 aliphatic heterocycles. The zero-order chi connectivity index (χ0) is 26.5. The van der Waals surface area contributed by atoms with E-state index in [-0.39, 0.29) is 5.91 Å². The number of hydrogen-bond donors (Lipinski definition) is 1. The molecule has 0 aliphatic carbocycles. The SMILES string of the molecule is O=C1NC(=O)C(c2cccc3ccoc23)=C1c1cn2c3c(cccc13)CCN(C(=O)CN1CCOCC1)CC2. The molecule has 1 N–H and O–H groups in total. The predicted octanol–water partition coefficient (Wildman–Crippen LogP) is 2.67. The molecule has 9 heteroatoms. The first-order chi connectivity index (χ1) is 19.1. The summed E-state index contributed by atoms with van der Waals surface area (Å²) in [6.45, 7) is 5.06. The van der Waals surface area contributed by atoms with E-state index in [1.807, 2.05) is 47.5 Å². The minimum atomic E-state index is -0.430. The largest absolute Gasteiger partial charge is 0.464 e. The lowest BCUT2D eigenvalue weighted by atomic mass is 9.94. The van der Waals surface area contributed by atoms with Gasteiger partial charge in [0.1, 0.15) is 5.58 Å². The summed E-state index contributed by atoms with van der Waals surface area (Å²) < 4.78 is 13.3. The van der Waals surface area contributed by atoms with E-state index in [2.05, 4.69) is 20.9 Å². The molecule has 3 amide bonds. The van der Waals surface area contributed by atoms with Crippen molar-refractivity contribution in [1.82, 2.24) is 19.7 Å². The third kappa shape index (κ3) is 4.05. The molecule has 7 rings (SSSR count). The fourth-order valence-electron chi connectivity index (χ4n) is 6.07. The zero-order valence-corrected chi connectivity index (χ0v) is 21.4. The Morgan fingerprint density at radius 3 is 2.51 bits per heavy atom. The van der Waals surface area contributed by atoms with Crippen LogP contribution in [0.4, 0.5) is 0 Å². The van der Waals surface area contributed by atoms with Gasteiger partial charge in [-0.1, -0.05) is 36.4 Å². The minimum Gasteiger partial charge on any atom is -0.464 e. The van der Waals surface area contributed by atoms with Crippen LogP contribution in [0.15, 0.2) is 59.3 Å². The monoisotopic (exact) mass is 524 g/mol. The van der Waals surface area contributed by atoms with Gasteiger partial charge in [0.15, 0.2) is 0 Å². The van der Waals surface area contributed by atoms with Crippen molar-refractivity contribution in [2.75, 3.05) is 45.9 Å². The van der Waals surface area contributed by atoms with Gasteiger partial charge in [-0.2, -0.15) is 0 Å². The second-order valence-electron chi connectivity index (χ2n) is 10.2. The summed E-state index contributed by atoms with van der Waals surface area (Å²) in [5.74, 6) is -0.724. The van der Waals surface area contributed by atoms with Gasteiger partial charge in [-0.05, 0) is 18.1 Å². The van der Waals surface area contributed by atoms with E-state index in [1.54, 1.807) is 6.26 Å². The summed E-state index contributed by atoms with van der Waals surface area (Å²) in [4.78, 5) is 43.7. The lowest BCUT2D eigenvalue weighted by Gasteiger charge is -2.31. The Bertz CT molecular complexity index is 1670. The number of nitrogens with zero attached hydrogens (tertiary/aromatic N) is 3. The van der Waals surface area contributed by atoms with Crippen LogP contribution in [0.3, 0.4) is 0 Å². The normalized spacial score (nSPS) is 18.6. The van der Waals surface area contributed by atoms with Crippen molar-refractivity contribution in [2.45, 2.75) is 13.0 Å². The average Bonchev–Trinajstić information content (AvgIpc) is 3.63. The first-order valence-corrected chi connectivity index (χ1v) is 13.3. The highest BCUT2D eigenvalue weighted by atomic mass is 16.5. The number of amides is 3. The van der Waals surface area contributed by atoms with Gasteiger partial charge in [0.25, 0.3) is 11.8 Å². The molecule has 39 heavy (non-hydrogen) atoms. The maximum Gasteiger partial charge on any atom is 0.259 e. The number of para-hydroxylation sites is 2. The maximum absolute atomic E-state index is 13.3. The van der Waals surface area contributed by atoms with E-state index in [4.69, 9.17) is 9.15 Å². The summed E-state index contributed by atoms with van der Waals surface area (Å²) in [6.07, 6.45) is 4.25. The summed E-state index contributed by atoms with van der Waals surface area (Å²) in [5.41, 5.74) is 4.71. The first kappa shape index (κ1) is 23.9. The Morgan fingerprint density at radius 1 is 0.872 bits per heavy atom. The number of aromatic nitrogens is 1. The van der Waals surface area contributed by atoms with Gasteiger partial charge in [0.2, 0.25) is 5.91 Å². The minimum absolute atomic E-state index is 0.122. The van der Waals surface area contributed by atoms with E-state index in [0.29, 0.717) is 73.7 Å². The molecule has 0 unspecified atom stereocenters. The number of furan rings is 1. The lowest BCUT2D eigenvalue weighted by Crippen LogP contribution is -2.46. The molecule has 1 fully saturated rings. The van der Waals surface area contributed by atoms with Crippen LogP contribution in [0.1, 0.15) is 16.7 Å². The average molecular weight is 525 g/mol. The fraction of sp³-hybridized carbons (Fsp3) is 0.300. The number of morpholine rings is 1. The smallest absolute Gasteiger partial charge is 0.259 e. The van der Waals surface area contributed by atoms with Gasteiger partial charge >= 0.3 is 0 Å². The van der Waals surface area contributed by atoms with E-state index in [0.717, 1.165) is 34.9 Å². The summed E-state index contributed by atoms with van der Waals surface area (Å²) >= 11 is 0. The Labute approximate surface area is 224 Å². The van der Waals surface area contributed by atoms with Crippen molar-refractivity contribution in [1.29, 1.82) is 0 Å². The van der Waals surface area contributed by atoms with Crippen molar-refractivity contribution in [3.8, 4) is 0 Å². The Balaban J connectivity index is 1.28. The van der Waals surface area contributed by atoms with Crippen LogP contribution in [0.25, 0.3) is 33.0 Å². The molecule has 4 aromatic rings. The quantitative estimate of drug-likeness (QED) is 0.413. The van der Waals surface area contributed by atoms with Crippen molar-refractivity contribution >= 4 is 50.7 Å². The van der Waals surface area contributed by atoms with Crippen LogP contribution in [0, 0.1) is 0 Å². The topological polar surface area (TPSA) is 97.0 Å². The zero-order valence-electron chi connectivity index (χ0n) is 21.4.